The van der Waals surface area contributed by atoms with Crippen molar-refractivity contribution in [3.05, 3.63) is 35.4 Å². The van der Waals surface area contributed by atoms with E-state index in [1.54, 1.807) is 12.1 Å². The van der Waals surface area contributed by atoms with Gasteiger partial charge >= 0.3 is 6.18 Å². The summed E-state index contributed by atoms with van der Waals surface area (Å²) in [7, 11) is 0. The fraction of sp³-hybridized carbons (Fsp3) is 0.727. The molecule has 0 N–H and O–H groups in total. The highest BCUT2D eigenvalue weighted by Crippen LogP contribution is 2.34. The van der Waals surface area contributed by atoms with Crippen molar-refractivity contribution < 1.29 is 13.2 Å². The smallest absolute Gasteiger partial charge is 0.166 e. The molecule has 1 fully saturated rings. The number of rotatable bonds is 9. The van der Waals surface area contributed by atoms with Gasteiger partial charge in [-0.15, -0.1) is 0 Å². The summed E-state index contributed by atoms with van der Waals surface area (Å²) in [5.41, 5.74) is 0.472. The Bertz CT molecular complexity index is 467. The Labute approximate surface area is 151 Å². The first-order valence-corrected chi connectivity index (χ1v) is 10.1. The average Bonchev–Trinajstić information content (AvgIpc) is 2.60. The van der Waals surface area contributed by atoms with Gasteiger partial charge in [0.15, 0.2) is 0 Å². The molecule has 3 heteroatoms. The Morgan fingerprint density at radius 3 is 1.80 bits per heavy atom. The highest BCUT2D eigenvalue weighted by Gasteiger charge is 2.29. The summed E-state index contributed by atoms with van der Waals surface area (Å²) in [5, 5.41) is 0. The van der Waals surface area contributed by atoms with E-state index in [-0.39, 0.29) is 0 Å². The van der Waals surface area contributed by atoms with E-state index in [4.69, 9.17) is 0 Å². The van der Waals surface area contributed by atoms with E-state index in [0.29, 0.717) is 0 Å². The second-order valence-corrected chi connectivity index (χ2v) is 7.82. The molecule has 1 aliphatic carbocycles. The maximum absolute atomic E-state index is 12.5. The van der Waals surface area contributed by atoms with Crippen molar-refractivity contribution in [2.75, 3.05) is 0 Å². The highest BCUT2D eigenvalue weighted by molar-refractivity contribution is 5.24. The van der Waals surface area contributed by atoms with Crippen LogP contribution in [0, 0.1) is 11.8 Å². The molecular weight excluding hydrogens is 321 g/mol. The van der Waals surface area contributed by atoms with Crippen molar-refractivity contribution in [2.24, 2.45) is 11.8 Å². The summed E-state index contributed by atoms with van der Waals surface area (Å²) in [6.45, 7) is 2.27. The monoisotopic (exact) mass is 354 g/mol. The van der Waals surface area contributed by atoms with Crippen LogP contribution in [0.3, 0.4) is 0 Å². The lowest BCUT2D eigenvalue weighted by Gasteiger charge is -2.28. The fourth-order valence-corrected chi connectivity index (χ4v) is 4.11. The predicted molar refractivity (Wildman–Crippen MR) is 98.6 cm³/mol. The molecular formula is C22H33F3. The van der Waals surface area contributed by atoms with Crippen LogP contribution in [0.15, 0.2) is 24.3 Å². The van der Waals surface area contributed by atoms with Crippen LogP contribution in [0.2, 0.25) is 0 Å². The largest absolute Gasteiger partial charge is 0.416 e. The van der Waals surface area contributed by atoms with Crippen LogP contribution < -0.4 is 0 Å². The molecule has 0 atom stereocenters. The zero-order valence-corrected chi connectivity index (χ0v) is 15.6. The Hall–Kier alpha value is -0.990. The lowest BCUT2D eigenvalue weighted by atomic mass is 9.78. The molecule has 0 bridgehead atoms. The van der Waals surface area contributed by atoms with Crippen LogP contribution in [0.4, 0.5) is 13.2 Å². The molecule has 2 rings (SSSR count). The molecule has 0 radical (unpaired) electrons. The number of alkyl halides is 3. The highest BCUT2D eigenvalue weighted by atomic mass is 19.4. The third kappa shape index (κ3) is 7.42. The van der Waals surface area contributed by atoms with E-state index in [0.717, 1.165) is 30.2 Å². The molecule has 0 amide bonds. The minimum atomic E-state index is -4.23. The van der Waals surface area contributed by atoms with E-state index in [2.05, 4.69) is 6.92 Å². The van der Waals surface area contributed by atoms with Gasteiger partial charge in [-0.05, 0) is 42.4 Å². The molecule has 0 saturated heterocycles. The Balaban J connectivity index is 1.58. The Morgan fingerprint density at radius 1 is 0.800 bits per heavy atom. The summed E-state index contributed by atoms with van der Waals surface area (Å²) in [6, 6.07) is 5.67. The molecule has 0 unspecified atom stereocenters. The minimum Gasteiger partial charge on any atom is -0.166 e. The third-order valence-electron chi connectivity index (χ3n) is 5.79. The maximum atomic E-state index is 12.5. The molecule has 1 aromatic carbocycles. The van der Waals surface area contributed by atoms with Gasteiger partial charge < -0.3 is 0 Å². The van der Waals surface area contributed by atoms with Gasteiger partial charge in [0.05, 0.1) is 5.56 Å². The van der Waals surface area contributed by atoms with E-state index in [1.807, 2.05) is 0 Å². The van der Waals surface area contributed by atoms with E-state index in [9.17, 15) is 13.2 Å². The topological polar surface area (TPSA) is 0 Å². The standard InChI is InChI=1S/C22H33F3/c1-2-3-4-7-18-10-12-19(13-11-18)8-5-6-9-20-14-16-21(17-15-20)22(23,24)25/h14-19H,2-13H2,1H3. The van der Waals surface area contributed by atoms with E-state index >= 15 is 0 Å². The molecule has 142 valence electrons. The predicted octanol–water partition coefficient (Wildman–Crippen LogP) is 7.80. The van der Waals surface area contributed by atoms with Gasteiger partial charge in [-0.25, -0.2) is 0 Å². The molecule has 1 saturated carbocycles. The number of halogens is 3. The zero-order valence-electron chi connectivity index (χ0n) is 15.6. The van der Waals surface area contributed by atoms with Gasteiger partial charge in [0.25, 0.3) is 0 Å². The number of hydrogen-bond acceptors (Lipinski definition) is 0. The molecule has 0 aromatic heterocycles. The summed E-state index contributed by atoms with van der Waals surface area (Å²) in [5.74, 6) is 1.85. The summed E-state index contributed by atoms with van der Waals surface area (Å²) < 4.78 is 37.6. The number of hydrogen-bond donors (Lipinski definition) is 0. The molecule has 0 heterocycles. The zero-order chi connectivity index (χ0) is 18.1. The average molecular weight is 354 g/mol. The number of unbranched alkanes of at least 4 members (excludes halogenated alkanes) is 3. The van der Waals surface area contributed by atoms with Gasteiger partial charge in [-0.3, -0.25) is 0 Å². The Morgan fingerprint density at radius 2 is 1.32 bits per heavy atom. The summed E-state index contributed by atoms with van der Waals surface area (Å²) >= 11 is 0. The first-order valence-electron chi connectivity index (χ1n) is 10.1. The molecule has 25 heavy (non-hydrogen) atoms. The van der Waals surface area contributed by atoms with Gasteiger partial charge in [-0.1, -0.05) is 83.3 Å². The Kier molecular flexibility index (Phi) is 8.32. The normalized spacial score (nSPS) is 21.4. The number of aryl methyl sites for hydroxylation is 1. The van der Waals surface area contributed by atoms with Crippen molar-refractivity contribution in [3.63, 3.8) is 0 Å². The van der Waals surface area contributed by atoms with Crippen molar-refractivity contribution in [1.82, 2.24) is 0 Å². The fourth-order valence-electron chi connectivity index (χ4n) is 4.11. The van der Waals surface area contributed by atoms with Gasteiger partial charge in [0, 0.05) is 0 Å². The second-order valence-electron chi connectivity index (χ2n) is 7.82. The van der Waals surface area contributed by atoms with Crippen molar-refractivity contribution >= 4 is 0 Å². The van der Waals surface area contributed by atoms with Crippen molar-refractivity contribution in [2.45, 2.75) is 90.1 Å². The summed E-state index contributed by atoms with van der Waals surface area (Å²) in [6.07, 6.45) is 11.4. The van der Waals surface area contributed by atoms with Crippen LogP contribution in [-0.4, -0.2) is 0 Å². The van der Waals surface area contributed by atoms with Gasteiger partial charge in [0.1, 0.15) is 0 Å². The van der Waals surface area contributed by atoms with Crippen molar-refractivity contribution in [3.8, 4) is 0 Å². The molecule has 0 nitrogen and oxygen atoms in total. The van der Waals surface area contributed by atoms with E-state index in [1.165, 1.54) is 76.3 Å². The van der Waals surface area contributed by atoms with Crippen LogP contribution in [-0.2, 0) is 12.6 Å². The SMILES string of the molecule is CCCCCC1CCC(CCCCc2ccc(C(F)(F)F)cc2)CC1. The molecule has 0 aliphatic heterocycles. The second kappa shape index (κ2) is 10.2. The minimum absolute atomic E-state index is 0.549. The lowest BCUT2D eigenvalue weighted by molar-refractivity contribution is -0.137. The third-order valence-corrected chi connectivity index (χ3v) is 5.79. The number of benzene rings is 1. The van der Waals surface area contributed by atoms with Crippen LogP contribution in [0.25, 0.3) is 0 Å². The van der Waals surface area contributed by atoms with E-state index < -0.39 is 11.7 Å². The van der Waals surface area contributed by atoms with Crippen molar-refractivity contribution in [1.29, 1.82) is 0 Å². The lowest BCUT2D eigenvalue weighted by Crippen LogP contribution is -2.14. The van der Waals surface area contributed by atoms with Crippen LogP contribution in [0.1, 0.15) is 88.7 Å². The van der Waals surface area contributed by atoms with Gasteiger partial charge in [0.2, 0.25) is 0 Å². The van der Waals surface area contributed by atoms with Gasteiger partial charge in [-0.2, -0.15) is 13.2 Å². The summed E-state index contributed by atoms with van der Waals surface area (Å²) in [4.78, 5) is 0. The molecule has 1 aliphatic rings. The quantitative estimate of drug-likeness (QED) is 0.397. The van der Waals surface area contributed by atoms with Crippen LogP contribution in [0.5, 0.6) is 0 Å². The molecule has 1 aromatic rings. The van der Waals surface area contributed by atoms with Crippen LogP contribution >= 0.6 is 0 Å². The maximum Gasteiger partial charge on any atom is 0.416 e. The molecule has 0 spiro atoms. The first-order chi connectivity index (χ1) is 12.0. The first kappa shape index (κ1) is 20.3.